The molecule has 4 rings (SSSR count). The lowest BCUT2D eigenvalue weighted by Gasteiger charge is -2.06. The molecule has 0 spiro atoms. The van der Waals surface area contributed by atoms with Crippen molar-refractivity contribution in [3.05, 3.63) is 96.1 Å². The fourth-order valence-corrected chi connectivity index (χ4v) is 4.33. The first-order valence-corrected chi connectivity index (χ1v) is 11.3. The zero-order valence-corrected chi connectivity index (χ0v) is 17.4. The standard InChI is InChI=1S/C29H32/c1(2-4-6-12-24-18-20-26-14-8-10-16-28(26)22-24)3-5-7-13-25-19-21-27-15-9-11-17-29(27)23-25/h8-11,14-23H,1-7,12-13H2. The summed E-state index contributed by atoms with van der Waals surface area (Å²) in [6.07, 6.45) is 11.9. The molecule has 0 aromatic heterocycles. The van der Waals surface area contributed by atoms with Gasteiger partial charge in [-0.05, 0) is 58.4 Å². The van der Waals surface area contributed by atoms with Crippen molar-refractivity contribution >= 4 is 21.5 Å². The van der Waals surface area contributed by atoms with Gasteiger partial charge in [-0.2, -0.15) is 0 Å². The molecule has 148 valence electrons. The molecule has 4 aromatic rings. The molecule has 0 radical (unpaired) electrons. The summed E-state index contributed by atoms with van der Waals surface area (Å²) in [5.74, 6) is 0. The minimum absolute atomic E-state index is 1.22. The summed E-state index contributed by atoms with van der Waals surface area (Å²) in [5.41, 5.74) is 2.97. The number of hydrogen-bond donors (Lipinski definition) is 0. The van der Waals surface area contributed by atoms with Crippen LogP contribution < -0.4 is 0 Å². The molecule has 0 aliphatic carbocycles. The number of hydrogen-bond acceptors (Lipinski definition) is 0. The molecule has 0 fully saturated rings. The predicted molar refractivity (Wildman–Crippen MR) is 128 cm³/mol. The summed E-state index contributed by atoms with van der Waals surface area (Å²) in [4.78, 5) is 0. The van der Waals surface area contributed by atoms with Crippen molar-refractivity contribution in [3.63, 3.8) is 0 Å². The van der Waals surface area contributed by atoms with E-state index in [2.05, 4.69) is 84.9 Å². The van der Waals surface area contributed by atoms with E-state index in [0.717, 1.165) is 0 Å². The number of fused-ring (bicyclic) bond motifs is 2. The average Bonchev–Trinajstić information content (AvgIpc) is 2.77. The second-order valence-electron chi connectivity index (χ2n) is 8.34. The highest BCUT2D eigenvalue weighted by Crippen LogP contribution is 2.19. The predicted octanol–water partition coefficient (Wildman–Crippen LogP) is 8.51. The summed E-state index contributed by atoms with van der Waals surface area (Å²) in [6.45, 7) is 0. The van der Waals surface area contributed by atoms with Crippen LogP contribution in [0.3, 0.4) is 0 Å². The Kier molecular flexibility index (Phi) is 6.97. The zero-order valence-electron chi connectivity index (χ0n) is 17.4. The van der Waals surface area contributed by atoms with E-state index in [0.29, 0.717) is 0 Å². The molecule has 0 saturated heterocycles. The minimum atomic E-state index is 1.22. The fourth-order valence-electron chi connectivity index (χ4n) is 4.33. The summed E-state index contributed by atoms with van der Waals surface area (Å²) >= 11 is 0. The van der Waals surface area contributed by atoms with E-state index in [-0.39, 0.29) is 0 Å². The number of aryl methyl sites for hydroxylation is 2. The van der Waals surface area contributed by atoms with Gasteiger partial charge in [0.15, 0.2) is 0 Å². The van der Waals surface area contributed by atoms with Crippen LogP contribution in [-0.2, 0) is 12.8 Å². The van der Waals surface area contributed by atoms with E-state index in [9.17, 15) is 0 Å². The van der Waals surface area contributed by atoms with Crippen LogP contribution in [0.15, 0.2) is 84.9 Å². The molecule has 0 heteroatoms. The van der Waals surface area contributed by atoms with E-state index >= 15 is 0 Å². The van der Waals surface area contributed by atoms with Gasteiger partial charge in [0.05, 0.1) is 0 Å². The third-order valence-electron chi connectivity index (χ3n) is 6.06. The van der Waals surface area contributed by atoms with E-state index in [1.54, 1.807) is 0 Å². The van der Waals surface area contributed by atoms with Gasteiger partial charge in [-0.15, -0.1) is 0 Å². The lowest BCUT2D eigenvalue weighted by Crippen LogP contribution is -1.88. The van der Waals surface area contributed by atoms with Crippen molar-refractivity contribution in [2.45, 2.75) is 57.8 Å². The topological polar surface area (TPSA) is 0 Å². The molecule has 0 aliphatic rings. The molecule has 0 N–H and O–H groups in total. The molecule has 0 unspecified atom stereocenters. The molecule has 0 amide bonds. The first-order chi connectivity index (χ1) is 14.4. The van der Waals surface area contributed by atoms with Crippen molar-refractivity contribution in [1.29, 1.82) is 0 Å². The molecular formula is C29H32. The third kappa shape index (κ3) is 5.70. The smallest absolute Gasteiger partial charge is 0.0181 e. The monoisotopic (exact) mass is 380 g/mol. The van der Waals surface area contributed by atoms with Crippen molar-refractivity contribution in [1.82, 2.24) is 0 Å². The van der Waals surface area contributed by atoms with Crippen molar-refractivity contribution in [2.75, 3.05) is 0 Å². The van der Waals surface area contributed by atoms with Gasteiger partial charge in [-0.1, -0.05) is 117 Å². The van der Waals surface area contributed by atoms with Crippen molar-refractivity contribution in [3.8, 4) is 0 Å². The molecule has 0 nitrogen and oxygen atoms in total. The summed E-state index contributed by atoms with van der Waals surface area (Å²) in [5, 5.41) is 5.44. The Morgan fingerprint density at radius 1 is 0.345 bits per heavy atom. The van der Waals surface area contributed by atoms with E-state index in [1.807, 2.05) is 0 Å². The first kappa shape index (κ1) is 19.7. The molecule has 0 heterocycles. The average molecular weight is 381 g/mol. The van der Waals surface area contributed by atoms with Crippen LogP contribution in [0, 0.1) is 0 Å². The maximum absolute atomic E-state index is 2.36. The maximum atomic E-state index is 2.36. The van der Waals surface area contributed by atoms with Crippen LogP contribution in [-0.4, -0.2) is 0 Å². The Balaban J connectivity index is 1.08. The van der Waals surface area contributed by atoms with Gasteiger partial charge in [0.1, 0.15) is 0 Å². The van der Waals surface area contributed by atoms with Gasteiger partial charge in [0, 0.05) is 0 Å². The quantitative estimate of drug-likeness (QED) is 0.242. The van der Waals surface area contributed by atoms with E-state index in [4.69, 9.17) is 0 Å². The number of rotatable bonds is 10. The second-order valence-corrected chi connectivity index (χ2v) is 8.34. The van der Waals surface area contributed by atoms with Gasteiger partial charge >= 0.3 is 0 Å². The summed E-state index contributed by atoms with van der Waals surface area (Å²) in [7, 11) is 0. The van der Waals surface area contributed by atoms with Crippen LogP contribution in [0.2, 0.25) is 0 Å². The SMILES string of the molecule is c1ccc2cc(CCCCCCCCCc3ccc4ccccc4c3)ccc2c1. The fraction of sp³-hybridized carbons (Fsp3) is 0.310. The zero-order chi connectivity index (χ0) is 19.7. The Hall–Kier alpha value is -2.60. The Morgan fingerprint density at radius 3 is 1.17 bits per heavy atom. The third-order valence-corrected chi connectivity index (χ3v) is 6.06. The van der Waals surface area contributed by atoms with Crippen molar-refractivity contribution < 1.29 is 0 Å². The van der Waals surface area contributed by atoms with Gasteiger partial charge in [0.2, 0.25) is 0 Å². The van der Waals surface area contributed by atoms with Crippen molar-refractivity contribution in [2.24, 2.45) is 0 Å². The lowest BCUT2D eigenvalue weighted by atomic mass is 10.0. The van der Waals surface area contributed by atoms with Crippen LogP contribution >= 0.6 is 0 Å². The van der Waals surface area contributed by atoms with Crippen LogP contribution in [0.4, 0.5) is 0 Å². The van der Waals surface area contributed by atoms with E-state index in [1.165, 1.54) is 90.5 Å². The highest BCUT2D eigenvalue weighted by atomic mass is 14.0. The number of unbranched alkanes of at least 4 members (excludes halogenated alkanes) is 6. The highest BCUT2D eigenvalue weighted by molar-refractivity contribution is 5.83. The van der Waals surface area contributed by atoms with Gasteiger partial charge in [-0.3, -0.25) is 0 Å². The van der Waals surface area contributed by atoms with Gasteiger partial charge in [0.25, 0.3) is 0 Å². The van der Waals surface area contributed by atoms with Crippen LogP contribution in [0.5, 0.6) is 0 Å². The van der Waals surface area contributed by atoms with Crippen LogP contribution in [0.25, 0.3) is 21.5 Å². The second kappa shape index (κ2) is 10.3. The Labute approximate surface area is 175 Å². The highest BCUT2D eigenvalue weighted by Gasteiger charge is 1.99. The molecule has 0 saturated carbocycles. The molecule has 4 aromatic carbocycles. The molecule has 0 aliphatic heterocycles. The van der Waals surface area contributed by atoms with E-state index < -0.39 is 0 Å². The Bertz CT molecular complexity index is 958. The molecule has 0 atom stereocenters. The summed E-state index contributed by atoms with van der Waals surface area (Å²) in [6, 6.07) is 31.2. The first-order valence-electron chi connectivity index (χ1n) is 11.3. The Morgan fingerprint density at radius 2 is 0.724 bits per heavy atom. The normalized spacial score (nSPS) is 11.3. The van der Waals surface area contributed by atoms with Crippen LogP contribution in [0.1, 0.15) is 56.1 Å². The molecule has 29 heavy (non-hydrogen) atoms. The lowest BCUT2D eigenvalue weighted by molar-refractivity contribution is 0.579. The van der Waals surface area contributed by atoms with Gasteiger partial charge in [-0.25, -0.2) is 0 Å². The molecular weight excluding hydrogens is 348 g/mol. The van der Waals surface area contributed by atoms with Gasteiger partial charge < -0.3 is 0 Å². The number of benzene rings is 4. The summed E-state index contributed by atoms with van der Waals surface area (Å²) < 4.78 is 0. The largest absolute Gasteiger partial charge is 0.0616 e. The minimum Gasteiger partial charge on any atom is -0.0616 e. The maximum Gasteiger partial charge on any atom is -0.0181 e. The molecule has 0 bridgehead atoms.